The average molecular weight is 237 g/mol. The van der Waals surface area contributed by atoms with Crippen LogP contribution in [-0.2, 0) is 22.5 Å². The number of aromatic nitrogens is 2. The Morgan fingerprint density at radius 3 is 3.24 bits per heavy atom. The van der Waals surface area contributed by atoms with Crippen LogP contribution in [0.15, 0.2) is 6.20 Å². The van der Waals surface area contributed by atoms with Crippen LogP contribution < -0.4 is 5.32 Å². The van der Waals surface area contributed by atoms with E-state index in [1.54, 1.807) is 0 Å². The highest BCUT2D eigenvalue weighted by Crippen LogP contribution is 2.29. The smallest absolute Gasteiger partial charge is 0.307 e. The molecular weight excluding hydrogens is 218 g/mol. The van der Waals surface area contributed by atoms with Gasteiger partial charge in [0.2, 0.25) is 0 Å². The van der Waals surface area contributed by atoms with Gasteiger partial charge in [0.25, 0.3) is 0 Å². The summed E-state index contributed by atoms with van der Waals surface area (Å²) in [6, 6.07) is 0.408. The standard InChI is InChI=1S/C12H19N3O2/c1-13-10-4-3-5-11-9(10)8-14-15(11)7-6-12(16)17-2/h8,10,13H,3-7H2,1-2H3. The second-order valence-corrected chi connectivity index (χ2v) is 4.33. The molecule has 0 spiro atoms. The summed E-state index contributed by atoms with van der Waals surface area (Å²) in [7, 11) is 3.39. The number of rotatable bonds is 4. The normalized spacial score (nSPS) is 18.8. The van der Waals surface area contributed by atoms with E-state index in [4.69, 9.17) is 0 Å². The van der Waals surface area contributed by atoms with Gasteiger partial charge in [0.15, 0.2) is 0 Å². The van der Waals surface area contributed by atoms with Gasteiger partial charge in [-0.05, 0) is 26.3 Å². The van der Waals surface area contributed by atoms with Crippen molar-refractivity contribution >= 4 is 5.97 Å². The fourth-order valence-electron chi connectivity index (χ4n) is 2.41. The molecule has 0 bridgehead atoms. The molecule has 1 N–H and O–H groups in total. The van der Waals surface area contributed by atoms with Crippen LogP contribution in [0.3, 0.4) is 0 Å². The molecule has 1 aliphatic carbocycles. The molecule has 0 radical (unpaired) electrons. The zero-order valence-corrected chi connectivity index (χ0v) is 10.4. The molecule has 1 aromatic heterocycles. The maximum Gasteiger partial charge on any atom is 0.307 e. The molecule has 1 aromatic rings. The summed E-state index contributed by atoms with van der Waals surface area (Å²) in [4.78, 5) is 11.1. The molecule has 0 saturated heterocycles. The second kappa shape index (κ2) is 5.31. The molecule has 1 heterocycles. The zero-order valence-electron chi connectivity index (χ0n) is 10.4. The second-order valence-electron chi connectivity index (χ2n) is 4.33. The Bertz CT molecular complexity index is 400. The van der Waals surface area contributed by atoms with Gasteiger partial charge in [-0.25, -0.2) is 0 Å². The minimum atomic E-state index is -0.185. The number of hydrogen-bond donors (Lipinski definition) is 1. The van der Waals surface area contributed by atoms with Gasteiger partial charge in [-0.15, -0.1) is 0 Å². The first-order valence-electron chi connectivity index (χ1n) is 6.05. The van der Waals surface area contributed by atoms with E-state index in [9.17, 15) is 4.79 Å². The van der Waals surface area contributed by atoms with Gasteiger partial charge in [0, 0.05) is 17.3 Å². The van der Waals surface area contributed by atoms with Crippen molar-refractivity contribution in [2.75, 3.05) is 14.2 Å². The number of methoxy groups -OCH3 is 1. The number of nitrogens with one attached hydrogen (secondary N) is 1. The average Bonchev–Trinajstić information content (AvgIpc) is 2.78. The van der Waals surface area contributed by atoms with Crippen molar-refractivity contribution < 1.29 is 9.53 Å². The van der Waals surface area contributed by atoms with Crippen molar-refractivity contribution in [3.63, 3.8) is 0 Å². The van der Waals surface area contributed by atoms with Crippen molar-refractivity contribution in [1.29, 1.82) is 0 Å². The highest BCUT2D eigenvalue weighted by atomic mass is 16.5. The molecule has 0 aliphatic heterocycles. The van der Waals surface area contributed by atoms with E-state index < -0.39 is 0 Å². The molecule has 0 fully saturated rings. The number of nitrogens with zero attached hydrogens (tertiary/aromatic N) is 2. The first kappa shape index (κ1) is 12.1. The molecular formula is C12H19N3O2. The first-order valence-corrected chi connectivity index (χ1v) is 6.05. The zero-order chi connectivity index (χ0) is 12.3. The van der Waals surface area contributed by atoms with Crippen LogP contribution in [0.4, 0.5) is 0 Å². The van der Waals surface area contributed by atoms with Crippen LogP contribution in [0.25, 0.3) is 0 Å². The predicted octanol–water partition coefficient (Wildman–Crippen LogP) is 1.04. The van der Waals surface area contributed by atoms with Crippen LogP contribution in [0, 0.1) is 0 Å². The van der Waals surface area contributed by atoms with Crippen molar-refractivity contribution in [3.05, 3.63) is 17.5 Å². The van der Waals surface area contributed by atoms with Crippen molar-refractivity contribution in [1.82, 2.24) is 15.1 Å². The monoisotopic (exact) mass is 237 g/mol. The Kier molecular flexibility index (Phi) is 3.78. The molecule has 1 atom stereocenters. The number of ether oxygens (including phenoxy) is 1. The highest BCUT2D eigenvalue weighted by Gasteiger charge is 2.22. The minimum absolute atomic E-state index is 0.185. The van der Waals surface area contributed by atoms with Crippen molar-refractivity contribution in [2.24, 2.45) is 0 Å². The topological polar surface area (TPSA) is 56.2 Å². The summed E-state index contributed by atoms with van der Waals surface area (Å²) in [6.45, 7) is 0.610. The molecule has 94 valence electrons. The van der Waals surface area contributed by atoms with Gasteiger partial charge in [0.05, 0.1) is 26.3 Å². The lowest BCUT2D eigenvalue weighted by atomic mass is 9.93. The van der Waals surface area contributed by atoms with E-state index in [2.05, 4.69) is 15.2 Å². The maximum atomic E-state index is 11.1. The third kappa shape index (κ3) is 2.49. The minimum Gasteiger partial charge on any atom is -0.469 e. The van der Waals surface area contributed by atoms with E-state index in [0.717, 1.165) is 12.8 Å². The summed E-state index contributed by atoms with van der Waals surface area (Å²) >= 11 is 0. The lowest BCUT2D eigenvalue weighted by Gasteiger charge is -2.22. The largest absolute Gasteiger partial charge is 0.469 e. The van der Waals surface area contributed by atoms with Crippen molar-refractivity contribution in [3.8, 4) is 0 Å². The van der Waals surface area contributed by atoms with Crippen LogP contribution in [0.5, 0.6) is 0 Å². The third-order valence-electron chi connectivity index (χ3n) is 3.37. The van der Waals surface area contributed by atoms with Crippen LogP contribution in [0.1, 0.15) is 36.6 Å². The van der Waals surface area contributed by atoms with E-state index in [0.29, 0.717) is 19.0 Å². The third-order valence-corrected chi connectivity index (χ3v) is 3.37. The Morgan fingerprint density at radius 2 is 2.53 bits per heavy atom. The van der Waals surface area contributed by atoms with Gasteiger partial charge >= 0.3 is 5.97 Å². The quantitative estimate of drug-likeness (QED) is 0.795. The van der Waals surface area contributed by atoms with Gasteiger partial charge in [-0.1, -0.05) is 0 Å². The molecule has 2 rings (SSSR count). The number of carbonyl (C=O) groups excluding carboxylic acids is 1. The number of fused-ring (bicyclic) bond motifs is 1. The van der Waals surface area contributed by atoms with Gasteiger partial charge in [-0.3, -0.25) is 9.48 Å². The summed E-state index contributed by atoms with van der Waals surface area (Å²) in [6.07, 6.45) is 5.69. The van der Waals surface area contributed by atoms with Crippen LogP contribution >= 0.6 is 0 Å². The molecule has 1 aliphatic rings. The van der Waals surface area contributed by atoms with E-state index in [-0.39, 0.29) is 5.97 Å². The van der Waals surface area contributed by atoms with E-state index in [1.165, 1.54) is 24.8 Å². The molecule has 0 aromatic carbocycles. The molecule has 1 unspecified atom stereocenters. The fourth-order valence-corrected chi connectivity index (χ4v) is 2.41. The number of aryl methyl sites for hydroxylation is 1. The van der Waals surface area contributed by atoms with Crippen LogP contribution in [0.2, 0.25) is 0 Å². The van der Waals surface area contributed by atoms with Crippen LogP contribution in [-0.4, -0.2) is 29.9 Å². The summed E-state index contributed by atoms with van der Waals surface area (Å²) in [5.41, 5.74) is 2.54. The number of carbonyl (C=O) groups is 1. The van der Waals surface area contributed by atoms with Crippen molar-refractivity contribution in [2.45, 2.75) is 38.3 Å². The summed E-state index contributed by atoms with van der Waals surface area (Å²) in [5, 5.41) is 7.68. The highest BCUT2D eigenvalue weighted by molar-refractivity contribution is 5.68. The van der Waals surface area contributed by atoms with Gasteiger partial charge < -0.3 is 10.1 Å². The number of hydrogen-bond acceptors (Lipinski definition) is 4. The lowest BCUT2D eigenvalue weighted by Crippen LogP contribution is -2.22. The summed E-state index contributed by atoms with van der Waals surface area (Å²) < 4.78 is 6.58. The number of esters is 1. The Labute approximate surface area is 101 Å². The fraction of sp³-hybridized carbons (Fsp3) is 0.667. The van der Waals surface area contributed by atoms with E-state index >= 15 is 0 Å². The Morgan fingerprint density at radius 1 is 1.71 bits per heavy atom. The van der Waals surface area contributed by atoms with Gasteiger partial charge in [-0.2, -0.15) is 5.10 Å². The maximum absolute atomic E-state index is 11.1. The van der Waals surface area contributed by atoms with Gasteiger partial charge in [0.1, 0.15) is 0 Å². The molecule has 0 amide bonds. The summed E-state index contributed by atoms with van der Waals surface area (Å²) in [5.74, 6) is -0.185. The SMILES string of the molecule is CNC1CCCc2c1cnn2CCC(=O)OC. The first-order chi connectivity index (χ1) is 8.26. The predicted molar refractivity (Wildman–Crippen MR) is 63.6 cm³/mol. The molecule has 5 heteroatoms. The Hall–Kier alpha value is -1.36. The Balaban J connectivity index is 2.09. The molecule has 17 heavy (non-hydrogen) atoms. The van der Waals surface area contributed by atoms with E-state index in [1.807, 2.05) is 17.9 Å². The molecule has 0 saturated carbocycles. The molecule has 5 nitrogen and oxygen atoms in total. The lowest BCUT2D eigenvalue weighted by molar-refractivity contribution is -0.140.